The van der Waals surface area contributed by atoms with Crippen molar-refractivity contribution in [3.8, 4) is 0 Å². The minimum absolute atomic E-state index is 0.145. The van der Waals surface area contributed by atoms with Gasteiger partial charge in [-0.2, -0.15) is 0 Å². The summed E-state index contributed by atoms with van der Waals surface area (Å²) >= 11 is 0. The SMILES string of the molecule is CCC(CNC(=O)C(C)N)C(=O)O. The van der Waals surface area contributed by atoms with E-state index in [0.29, 0.717) is 6.42 Å². The molecule has 2 atom stereocenters. The molecule has 5 heteroatoms. The Balaban J connectivity index is 3.85. The van der Waals surface area contributed by atoms with Crippen LogP contribution < -0.4 is 11.1 Å². The van der Waals surface area contributed by atoms with Gasteiger partial charge in [-0.1, -0.05) is 6.92 Å². The standard InChI is InChI=1S/C8H16N2O3/c1-3-6(8(12)13)4-10-7(11)5(2)9/h5-6H,3-4,9H2,1-2H3,(H,10,11)(H,12,13). The summed E-state index contributed by atoms with van der Waals surface area (Å²) in [5.74, 6) is -1.74. The van der Waals surface area contributed by atoms with Crippen molar-refractivity contribution < 1.29 is 14.7 Å². The second-order valence-corrected chi connectivity index (χ2v) is 2.98. The molecule has 4 N–H and O–H groups in total. The Morgan fingerprint density at radius 1 is 1.54 bits per heavy atom. The lowest BCUT2D eigenvalue weighted by atomic mass is 10.1. The lowest BCUT2D eigenvalue weighted by Gasteiger charge is -2.12. The van der Waals surface area contributed by atoms with Crippen LogP contribution in [0.3, 0.4) is 0 Å². The molecule has 13 heavy (non-hydrogen) atoms. The number of nitrogens with one attached hydrogen (secondary N) is 1. The average Bonchev–Trinajstić information content (AvgIpc) is 2.04. The molecule has 0 spiro atoms. The van der Waals surface area contributed by atoms with E-state index < -0.39 is 17.9 Å². The maximum atomic E-state index is 11.0. The van der Waals surface area contributed by atoms with Gasteiger partial charge in [0.15, 0.2) is 0 Å². The number of carbonyl (C=O) groups is 2. The first-order valence-electron chi connectivity index (χ1n) is 4.25. The second kappa shape index (κ2) is 5.53. The fraction of sp³-hybridized carbons (Fsp3) is 0.750. The highest BCUT2D eigenvalue weighted by Crippen LogP contribution is 2.00. The molecular formula is C8H16N2O3. The molecule has 0 saturated carbocycles. The Morgan fingerprint density at radius 3 is 2.38 bits per heavy atom. The first kappa shape index (κ1) is 11.9. The maximum Gasteiger partial charge on any atom is 0.308 e. The molecule has 5 nitrogen and oxygen atoms in total. The third-order valence-corrected chi connectivity index (χ3v) is 1.78. The Hall–Kier alpha value is -1.10. The summed E-state index contributed by atoms with van der Waals surface area (Å²) in [5.41, 5.74) is 5.28. The summed E-state index contributed by atoms with van der Waals surface area (Å²) < 4.78 is 0. The van der Waals surface area contributed by atoms with Crippen LogP contribution in [-0.4, -0.2) is 29.6 Å². The number of nitrogens with two attached hydrogens (primary N) is 1. The number of hydrogen-bond acceptors (Lipinski definition) is 3. The van der Waals surface area contributed by atoms with Crippen molar-refractivity contribution in [2.75, 3.05) is 6.54 Å². The van der Waals surface area contributed by atoms with Crippen molar-refractivity contribution >= 4 is 11.9 Å². The molecule has 0 aliphatic rings. The molecule has 0 saturated heterocycles. The van der Waals surface area contributed by atoms with E-state index in [-0.39, 0.29) is 12.5 Å². The molecule has 0 radical (unpaired) electrons. The lowest BCUT2D eigenvalue weighted by Crippen LogP contribution is -2.41. The largest absolute Gasteiger partial charge is 0.481 e. The number of amides is 1. The minimum Gasteiger partial charge on any atom is -0.481 e. The summed E-state index contributed by atoms with van der Waals surface area (Å²) in [5, 5.41) is 11.1. The first-order chi connectivity index (χ1) is 5.99. The summed E-state index contributed by atoms with van der Waals surface area (Å²) in [6, 6.07) is -0.591. The summed E-state index contributed by atoms with van der Waals surface area (Å²) in [4.78, 5) is 21.5. The fourth-order valence-corrected chi connectivity index (χ4v) is 0.791. The van der Waals surface area contributed by atoms with E-state index in [1.54, 1.807) is 13.8 Å². The molecule has 0 bridgehead atoms. The smallest absolute Gasteiger partial charge is 0.308 e. The molecule has 0 rings (SSSR count). The van der Waals surface area contributed by atoms with Gasteiger partial charge in [0.1, 0.15) is 0 Å². The highest BCUT2D eigenvalue weighted by atomic mass is 16.4. The van der Waals surface area contributed by atoms with Gasteiger partial charge in [0.25, 0.3) is 0 Å². The van der Waals surface area contributed by atoms with Crippen LogP contribution in [0.25, 0.3) is 0 Å². The van der Waals surface area contributed by atoms with Crippen LogP contribution in [0.15, 0.2) is 0 Å². The molecule has 2 unspecified atom stereocenters. The molecular weight excluding hydrogens is 172 g/mol. The normalized spacial score (nSPS) is 14.7. The van der Waals surface area contributed by atoms with E-state index in [2.05, 4.69) is 5.32 Å². The molecule has 0 fully saturated rings. The van der Waals surface area contributed by atoms with E-state index in [4.69, 9.17) is 10.8 Å². The fourth-order valence-electron chi connectivity index (χ4n) is 0.791. The van der Waals surface area contributed by atoms with Crippen LogP contribution in [0.4, 0.5) is 0 Å². The monoisotopic (exact) mass is 188 g/mol. The number of rotatable bonds is 5. The third kappa shape index (κ3) is 4.47. The molecule has 0 aromatic rings. The van der Waals surface area contributed by atoms with Gasteiger partial charge in [0.05, 0.1) is 12.0 Å². The van der Waals surface area contributed by atoms with E-state index in [9.17, 15) is 9.59 Å². The lowest BCUT2D eigenvalue weighted by molar-refractivity contribution is -0.141. The summed E-state index contributed by atoms with van der Waals surface area (Å²) in [6.45, 7) is 3.46. The quantitative estimate of drug-likeness (QED) is 0.545. The second-order valence-electron chi connectivity index (χ2n) is 2.98. The van der Waals surface area contributed by atoms with Crippen molar-refractivity contribution in [2.45, 2.75) is 26.3 Å². The zero-order valence-corrected chi connectivity index (χ0v) is 7.91. The Kier molecular flexibility index (Phi) is 5.06. The van der Waals surface area contributed by atoms with Crippen LogP contribution in [0, 0.1) is 5.92 Å². The molecule has 76 valence electrons. The van der Waals surface area contributed by atoms with Crippen LogP contribution in [0.2, 0.25) is 0 Å². The Morgan fingerprint density at radius 2 is 2.08 bits per heavy atom. The predicted molar refractivity (Wildman–Crippen MR) is 48.1 cm³/mol. The Labute approximate surface area is 77.3 Å². The van der Waals surface area contributed by atoms with Gasteiger partial charge < -0.3 is 16.2 Å². The van der Waals surface area contributed by atoms with Gasteiger partial charge in [0.2, 0.25) is 5.91 Å². The van der Waals surface area contributed by atoms with E-state index >= 15 is 0 Å². The van der Waals surface area contributed by atoms with Crippen molar-refractivity contribution in [1.82, 2.24) is 5.32 Å². The van der Waals surface area contributed by atoms with Crippen molar-refractivity contribution in [3.05, 3.63) is 0 Å². The third-order valence-electron chi connectivity index (χ3n) is 1.78. The average molecular weight is 188 g/mol. The van der Waals surface area contributed by atoms with Gasteiger partial charge >= 0.3 is 5.97 Å². The number of hydrogen-bond donors (Lipinski definition) is 3. The molecule has 0 aliphatic carbocycles. The van der Waals surface area contributed by atoms with E-state index in [1.807, 2.05) is 0 Å². The minimum atomic E-state index is -0.896. The number of carbonyl (C=O) groups excluding carboxylic acids is 1. The van der Waals surface area contributed by atoms with Gasteiger partial charge in [-0.05, 0) is 13.3 Å². The van der Waals surface area contributed by atoms with Crippen LogP contribution in [0.1, 0.15) is 20.3 Å². The van der Waals surface area contributed by atoms with Crippen LogP contribution >= 0.6 is 0 Å². The zero-order chi connectivity index (χ0) is 10.4. The summed E-state index contributed by atoms with van der Waals surface area (Å²) in [7, 11) is 0. The van der Waals surface area contributed by atoms with Gasteiger partial charge in [-0.3, -0.25) is 9.59 Å². The van der Waals surface area contributed by atoms with Gasteiger partial charge in [0, 0.05) is 6.54 Å². The van der Waals surface area contributed by atoms with Crippen LogP contribution in [-0.2, 0) is 9.59 Å². The molecule has 0 aromatic heterocycles. The molecule has 0 aliphatic heterocycles. The van der Waals surface area contributed by atoms with E-state index in [0.717, 1.165) is 0 Å². The maximum absolute atomic E-state index is 11.0. The van der Waals surface area contributed by atoms with Crippen molar-refractivity contribution in [1.29, 1.82) is 0 Å². The van der Waals surface area contributed by atoms with Gasteiger partial charge in [-0.15, -0.1) is 0 Å². The highest BCUT2D eigenvalue weighted by Gasteiger charge is 2.16. The van der Waals surface area contributed by atoms with Crippen molar-refractivity contribution in [2.24, 2.45) is 11.7 Å². The number of aliphatic carboxylic acids is 1. The Bertz CT molecular complexity index is 192. The molecule has 1 amide bonds. The topological polar surface area (TPSA) is 92.4 Å². The molecule has 0 aromatic carbocycles. The number of carboxylic acid groups (broad SMARTS) is 1. The summed E-state index contributed by atoms with van der Waals surface area (Å²) in [6.07, 6.45) is 0.495. The van der Waals surface area contributed by atoms with E-state index in [1.165, 1.54) is 0 Å². The number of carboxylic acids is 1. The molecule has 0 heterocycles. The van der Waals surface area contributed by atoms with Crippen LogP contribution in [0.5, 0.6) is 0 Å². The predicted octanol–water partition coefficient (Wildman–Crippen LogP) is -0.439. The highest BCUT2D eigenvalue weighted by molar-refractivity contribution is 5.81. The van der Waals surface area contributed by atoms with Gasteiger partial charge in [-0.25, -0.2) is 0 Å². The van der Waals surface area contributed by atoms with Crippen molar-refractivity contribution in [3.63, 3.8) is 0 Å². The first-order valence-corrected chi connectivity index (χ1v) is 4.25. The zero-order valence-electron chi connectivity index (χ0n) is 7.91.